The van der Waals surface area contributed by atoms with Crippen LogP contribution in [0, 0.1) is 5.92 Å². The van der Waals surface area contributed by atoms with Crippen LogP contribution in [0.3, 0.4) is 0 Å². The fraction of sp³-hybridized carbons (Fsp3) is 0.455. The van der Waals surface area contributed by atoms with Crippen molar-refractivity contribution in [2.24, 2.45) is 16.6 Å². The number of carbonyl (C=O) groups excluding carboxylic acids is 1. The second-order valence-corrected chi connectivity index (χ2v) is 10.1. The summed E-state index contributed by atoms with van der Waals surface area (Å²) in [4.78, 5) is 28.3. The number of aromatic hydroxyl groups is 1. The Morgan fingerprint density at radius 2 is 2.06 bits per heavy atom. The van der Waals surface area contributed by atoms with Gasteiger partial charge in [0.25, 0.3) is 21.5 Å². The van der Waals surface area contributed by atoms with E-state index >= 15 is 0 Å². The van der Waals surface area contributed by atoms with Crippen molar-refractivity contribution >= 4 is 27.5 Å². The molecule has 34 heavy (non-hydrogen) atoms. The van der Waals surface area contributed by atoms with Crippen LogP contribution in [0.5, 0.6) is 11.5 Å². The van der Waals surface area contributed by atoms with E-state index in [1.165, 1.54) is 22.9 Å². The first-order valence-corrected chi connectivity index (χ1v) is 12.5. The Hall–Kier alpha value is -3.41. The number of primary amides is 1. The van der Waals surface area contributed by atoms with Gasteiger partial charge in [0.1, 0.15) is 21.9 Å². The number of rotatable bonds is 10. The SMILES string of the molecule is CCCCc1nn(CCC(C)C)c(=O)c(C2=Nc3ccc(OCC(N)=O)cc3S(=O)(=O)N2)c1O. The number of benzene rings is 1. The van der Waals surface area contributed by atoms with E-state index in [1.807, 2.05) is 20.8 Å². The molecule has 1 aromatic carbocycles. The molecule has 184 valence electrons. The average molecular weight is 492 g/mol. The van der Waals surface area contributed by atoms with Gasteiger partial charge in [0, 0.05) is 12.6 Å². The van der Waals surface area contributed by atoms with Gasteiger partial charge >= 0.3 is 0 Å². The summed E-state index contributed by atoms with van der Waals surface area (Å²) in [6, 6.07) is 4.03. The molecule has 3 rings (SSSR count). The molecule has 0 aliphatic carbocycles. The van der Waals surface area contributed by atoms with Crippen LogP contribution in [0.4, 0.5) is 5.69 Å². The number of amides is 1. The highest BCUT2D eigenvalue weighted by Gasteiger charge is 2.31. The molecule has 1 amide bonds. The number of ether oxygens (including phenoxy) is 1. The average Bonchev–Trinajstić information content (AvgIpc) is 2.76. The van der Waals surface area contributed by atoms with Crippen LogP contribution < -0.4 is 20.8 Å². The molecule has 11 nitrogen and oxygen atoms in total. The van der Waals surface area contributed by atoms with E-state index in [4.69, 9.17) is 10.5 Å². The molecule has 1 aliphatic rings. The Balaban J connectivity index is 2.12. The zero-order valence-corrected chi connectivity index (χ0v) is 20.2. The number of amidine groups is 1. The topological polar surface area (TPSA) is 166 Å². The van der Waals surface area contributed by atoms with E-state index in [9.17, 15) is 23.1 Å². The molecule has 0 fully saturated rings. The van der Waals surface area contributed by atoms with Crippen LogP contribution in [0.2, 0.25) is 0 Å². The van der Waals surface area contributed by atoms with Crippen molar-refractivity contribution < 1.29 is 23.1 Å². The summed E-state index contributed by atoms with van der Waals surface area (Å²) < 4.78 is 34.7. The summed E-state index contributed by atoms with van der Waals surface area (Å²) >= 11 is 0. The third-order valence-corrected chi connectivity index (χ3v) is 6.56. The Morgan fingerprint density at radius 1 is 1.32 bits per heavy atom. The molecular weight excluding hydrogens is 462 g/mol. The summed E-state index contributed by atoms with van der Waals surface area (Å²) in [6.07, 6.45) is 2.69. The maximum atomic E-state index is 13.2. The van der Waals surface area contributed by atoms with Crippen LogP contribution in [0.25, 0.3) is 0 Å². The van der Waals surface area contributed by atoms with E-state index in [0.29, 0.717) is 31.0 Å². The minimum atomic E-state index is -4.16. The number of nitrogens with two attached hydrogens (primary N) is 1. The first-order valence-electron chi connectivity index (χ1n) is 11.0. The first kappa shape index (κ1) is 25.2. The van der Waals surface area contributed by atoms with Crippen molar-refractivity contribution in [2.45, 2.75) is 57.9 Å². The predicted octanol–water partition coefficient (Wildman–Crippen LogP) is 1.57. The lowest BCUT2D eigenvalue weighted by Gasteiger charge is -2.20. The summed E-state index contributed by atoms with van der Waals surface area (Å²) in [5.41, 5.74) is 4.54. The molecule has 0 spiro atoms. The van der Waals surface area contributed by atoms with Gasteiger partial charge in [-0.1, -0.05) is 27.2 Å². The number of carbonyl (C=O) groups is 1. The molecule has 0 unspecified atom stereocenters. The fourth-order valence-electron chi connectivity index (χ4n) is 3.35. The molecule has 0 bridgehead atoms. The summed E-state index contributed by atoms with van der Waals surface area (Å²) in [5.74, 6) is -0.941. The van der Waals surface area contributed by atoms with Gasteiger partial charge in [-0.05, 0) is 37.3 Å². The molecular formula is C22H29N5O6S. The van der Waals surface area contributed by atoms with Gasteiger partial charge in [-0.25, -0.2) is 18.1 Å². The molecule has 0 radical (unpaired) electrons. The van der Waals surface area contributed by atoms with Gasteiger partial charge in [0.2, 0.25) is 0 Å². The number of aromatic nitrogens is 2. The summed E-state index contributed by atoms with van der Waals surface area (Å²) in [7, 11) is -4.16. The Bertz CT molecular complexity index is 1280. The first-order chi connectivity index (χ1) is 16.0. The lowest BCUT2D eigenvalue weighted by Crippen LogP contribution is -2.40. The van der Waals surface area contributed by atoms with Crippen molar-refractivity contribution in [3.05, 3.63) is 39.8 Å². The molecule has 0 saturated carbocycles. The van der Waals surface area contributed by atoms with E-state index in [-0.39, 0.29) is 33.5 Å². The highest BCUT2D eigenvalue weighted by atomic mass is 32.2. The largest absolute Gasteiger partial charge is 0.505 e. The summed E-state index contributed by atoms with van der Waals surface area (Å²) in [5, 5.41) is 15.2. The minimum Gasteiger partial charge on any atom is -0.505 e. The van der Waals surface area contributed by atoms with Crippen molar-refractivity contribution in [3.63, 3.8) is 0 Å². The molecule has 1 aromatic heterocycles. The number of sulfonamides is 1. The van der Waals surface area contributed by atoms with Gasteiger partial charge < -0.3 is 15.6 Å². The molecule has 12 heteroatoms. The van der Waals surface area contributed by atoms with E-state index in [2.05, 4.69) is 14.8 Å². The normalized spacial score (nSPS) is 14.3. The standard InChI is InChI=1S/C22H29N5O6S/c1-4-5-6-16-20(29)19(22(30)27(25-16)10-9-13(2)3)21-24-15-8-7-14(33-12-18(23)28)11-17(15)34(31,32)26-21/h7-8,11,13,29H,4-6,9-10,12H2,1-3H3,(H2,23,28)(H,24,26). The minimum absolute atomic E-state index is 0.0552. The smallest absolute Gasteiger partial charge is 0.281 e. The second-order valence-electron chi connectivity index (χ2n) is 8.44. The molecule has 0 atom stereocenters. The Labute approximate surface area is 197 Å². The number of aliphatic imine (C=N–C) groups is 1. The van der Waals surface area contributed by atoms with Crippen LogP contribution >= 0.6 is 0 Å². The van der Waals surface area contributed by atoms with Crippen LogP contribution in [-0.2, 0) is 27.8 Å². The molecule has 4 N–H and O–H groups in total. The highest BCUT2D eigenvalue weighted by Crippen LogP contribution is 2.33. The number of fused-ring (bicyclic) bond motifs is 1. The van der Waals surface area contributed by atoms with Gasteiger partial charge in [-0.3, -0.25) is 14.3 Å². The fourth-order valence-corrected chi connectivity index (χ4v) is 4.52. The van der Waals surface area contributed by atoms with Crippen molar-refractivity contribution in [1.29, 1.82) is 0 Å². The predicted molar refractivity (Wildman–Crippen MR) is 126 cm³/mol. The van der Waals surface area contributed by atoms with Gasteiger partial charge in [0.05, 0.1) is 5.69 Å². The van der Waals surface area contributed by atoms with E-state index in [0.717, 1.165) is 12.8 Å². The third kappa shape index (κ3) is 5.56. The van der Waals surface area contributed by atoms with Crippen LogP contribution in [0.15, 0.2) is 32.9 Å². The quantitative estimate of drug-likeness (QED) is 0.453. The van der Waals surface area contributed by atoms with E-state index < -0.39 is 28.1 Å². The van der Waals surface area contributed by atoms with Gasteiger partial charge in [0.15, 0.2) is 18.2 Å². The van der Waals surface area contributed by atoms with Crippen molar-refractivity contribution in [1.82, 2.24) is 14.5 Å². The number of nitrogens with zero attached hydrogens (tertiary/aromatic N) is 3. The lowest BCUT2D eigenvalue weighted by molar-refractivity contribution is -0.119. The highest BCUT2D eigenvalue weighted by molar-refractivity contribution is 7.90. The van der Waals surface area contributed by atoms with Gasteiger partial charge in [-0.15, -0.1) is 0 Å². The zero-order chi connectivity index (χ0) is 25.0. The Kier molecular flexibility index (Phi) is 7.60. The molecule has 2 heterocycles. The monoisotopic (exact) mass is 491 g/mol. The van der Waals surface area contributed by atoms with E-state index in [1.54, 1.807) is 0 Å². The third-order valence-electron chi connectivity index (χ3n) is 5.19. The zero-order valence-electron chi connectivity index (χ0n) is 19.4. The van der Waals surface area contributed by atoms with Crippen molar-refractivity contribution in [2.75, 3.05) is 6.61 Å². The lowest BCUT2D eigenvalue weighted by atomic mass is 10.1. The molecule has 2 aromatic rings. The maximum Gasteiger partial charge on any atom is 0.281 e. The Morgan fingerprint density at radius 3 is 2.71 bits per heavy atom. The molecule has 0 saturated heterocycles. The molecule has 1 aliphatic heterocycles. The number of aryl methyl sites for hydroxylation is 2. The second kappa shape index (κ2) is 10.2. The van der Waals surface area contributed by atoms with Crippen LogP contribution in [0.1, 0.15) is 51.3 Å². The van der Waals surface area contributed by atoms with Crippen molar-refractivity contribution in [3.8, 4) is 11.5 Å². The number of unbranched alkanes of at least 4 members (excludes halogenated alkanes) is 1. The summed E-state index contributed by atoms with van der Waals surface area (Å²) in [6.45, 7) is 5.93. The van der Waals surface area contributed by atoms with Crippen LogP contribution in [-0.4, -0.2) is 41.7 Å². The number of hydrogen-bond donors (Lipinski definition) is 3. The maximum absolute atomic E-state index is 13.2. The number of nitrogens with one attached hydrogen (secondary N) is 1. The number of hydrogen-bond acceptors (Lipinski definition) is 8. The van der Waals surface area contributed by atoms with Gasteiger partial charge in [-0.2, -0.15) is 5.10 Å².